The molecule has 0 saturated heterocycles. The lowest BCUT2D eigenvalue weighted by Crippen LogP contribution is -2.07. The van der Waals surface area contributed by atoms with Gasteiger partial charge in [0.2, 0.25) is 0 Å². The number of aromatic nitrogens is 2. The normalized spacial score (nSPS) is 11.3. The van der Waals surface area contributed by atoms with Crippen molar-refractivity contribution in [1.29, 1.82) is 0 Å². The molecule has 0 fully saturated rings. The maximum absolute atomic E-state index is 12.1. The molecular formula is C9H13F2IN2O. The zero-order chi connectivity index (χ0) is 11.3. The summed E-state index contributed by atoms with van der Waals surface area (Å²) in [5.74, 6) is 0. The Morgan fingerprint density at radius 3 is 2.93 bits per heavy atom. The number of alkyl halides is 2. The first-order chi connectivity index (χ1) is 7.13. The van der Waals surface area contributed by atoms with Crippen LogP contribution in [0.4, 0.5) is 8.78 Å². The summed E-state index contributed by atoms with van der Waals surface area (Å²) in [7, 11) is 0. The minimum Gasteiger partial charge on any atom is -0.375 e. The molecular weight excluding hydrogens is 317 g/mol. The van der Waals surface area contributed by atoms with Crippen molar-refractivity contribution in [1.82, 2.24) is 9.78 Å². The van der Waals surface area contributed by atoms with Crippen LogP contribution in [0.15, 0.2) is 6.20 Å². The molecule has 6 heteroatoms. The van der Waals surface area contributed by atoms with Gasteiger partial charge in [0.25, 0.3) is 6.43 Å². The molecule has 0 saturated carbocycles. The van der Waals surface area contributed by atoms with Gasteiger partial charge < -0.3 is 4.74 Å². The second-order valence-electron chi connectivity index (χ2n) is 3.09. The van der Waals surface area contributed by atoms with Gasteiger partial charge in [-0.3, -0.25) is 4.68 Å². The smallest absolute Gasteiger partial charge is 0.257 e. The third-order valence-corrected chi connectivity index (χ3v) is 2.60. The summed E-state index contributed by atoms with van der Waals surface area (Å²) in [6, 6.07) is 0. The summed E-state index contributed by atoms with van der Waals surface area (Å²) in [6.07, 6.45) is 0.177. The van der Waals surface area contributed by atoms with Crippen LogP contribution in [0.3, 0.4) is 0 Å². The lowest BCUT2D eigenvalue weighted by atomic mass is 10.4. The Hall–Kier alpha value is -0.240. The van der Waals surface area contributed by atoms with Crippen LogP contribution in [0.5, 0.6) is 0 Å². The summed E-state index contributed by atoms with van der Waals surface area (Å²) in [4.78, 5) is 0. The topological polar surface area (TPSA) is 27.1 Å². The number of hydrogen-bond acceptors (Lipinski definition) is 2. The predicted molar refractivity (Wildman–Crippen MR) is 60.9 cm³/mol. The Morgan fingerprint density at radius 1 is 1.60 bits per heavy atom. The zero-order valence-electron chi connectivity index (χ0n) is 8.42. The highest BCUT2D eigenvalue weighted by Crippen LogP contribution is 2.12. The van der Waals surface area contributed by atoms with E-state index in [-0.39, 0.29) is 6.54 Å². The third-order valence-electron chi connectivity index (χ3n) is 1.70. The molecule has 0 aliphatic heterocycles. The van der Waals surface area contributed by atoms with Crippen LogP contribution in [-0.2, 0) is 17.9 Å². The molecule has 0 aliphatic carbocycles. The average molecular weight is 330 g/mol. The molecule has 3 nitrogen and oxygen atoms in total. The molecule has 86 valence electrons. The van der Waals surface area contributed by atoms with Gasteiger partial charge in [-0.15, -0.1) is 0 Å². The van der Waals surface area contributed by atoms with Crippen LogP contribution in [0.2, 0.25) is 0 Å². The minimum absolute atomic E-state index is 0.357. The molecule has 0 aromatic carbocycles. The Kier molecular flexibility index (Phi) is 5.44. The van der Waals surface area contributed by atoms with Crippen molar-refractivity contribution in [3.05, 3.63) is 15.5 Å². The van der Waals surface area contributed by atoms with Crippen molar-refractivity contribution in [2.75, 3.05) is 6.61 Å². The van der Waals surface area contributed by atoms with Gasteiger partial charge in [-0.25, -0.2) is 8.78 Å². The number of nitrogens with zero attached hydrogens (tertiary/aromatic N) is 2. The Bertz CT molecular complexity index is 304. The number of hydrogen-bond donors (Lipinski definition) is 0. The molecule has 0 radical (unpaired) electrons. The van der Waals surface area contributed by atoms with Crippen molar-refractivity contribution >= 4 is 22.6 Å². The highest BCUT2D eigenvalue weighted by Gasteiger charge is 2.09. The van der Waals surface area contributed by atoms with E-state index in [9.17, 15) is 8.78 Å². The van der Waals surface area contributed by atoms with Gasteiger partial charge in [-0.1, -0.05) is 6.92 Å². The molecule has 0 amide bonds. The van der Waals surface area contributed by atoms with Gasteiger partial charge in [0.1, 0.15) is 12.2 Å². The quantitative estimate of drug-likeness (QED) is 0.592. The first kappa shape index (κ1) is 12.8. The molecule has 0 N–H and O–H groups in total. The van der Waals surface area contributed by atoms with Crippen molar-refractivity contribution < 1.29 is 13.5 Å². The Labute approximate surface area is 101 Å². The van der Waals surface area contributed by atoms with Crippen molar-refractivity contribution in [3.63, 3.8) is 0 Å². The van der Waals surface area contributed by atoms with Gasteiger partial charge >= 0.3 is 0 Å². The van der Waals surface area contributed by atoms with Crippen LogP contribution in [0.25, 0.3) is 0 Å². The van der Waals surface area contributed by atoms with E-state index in [1.165, 1.54) is 4.68 Å². The van der Waals surface area contributed by atoms with Crippen LogP contribution in [0.1, 0.15) is 19.0 Å². The summed E-state index contributed by atoms with van der Waals surface area (Å²) in [6.45, 7) is 2.71. The second kappa shape index (κ2) is 6.37. The zero-order valence-corrected chi connectivity index (χ0v) is 10.6. The Morgan fingerprint density at radius 2 is 2.33 bits per heavy atom. The van der Waals surface area contributed by atoms with E-state index < -0.39 is 6.43 Å². The van der Waals surface area contributed by atoms with Crippen molar-refractivity contribution in [3.8, 4) is 0 Å². The first-order valence-electron chi connectivity index (χ1n) is 4.71. The molecule has 1 heterocycles. The van der Waals surface area contributed by atoms with Crippen LogP contribution in [-0.4, -0.2) is 22.8 Å². The van der Waals surface area contributed by atoms with E-state index in [0.717, 1.165) is 15.7 Å². The fourth-order valence-electron chi connectivity index (χ4n) is 1.08. The Balaban J connectivity index is 2.53. The molecule has 0 aliphatic rings. The fraction of sp³-hybridized carbons (Fsp3) is 0.667. The number of rotatable bonds is 6. The molecule has 1 rings (SSSR count). The maximum atomic E-state index is 12.1. The highest BCUT2D eigenvalue weighted by atomic mass is 127. The molecule has 0 unspecified atom stereocenters. The largest absolute Gasteiger partial charge is 0.375 e. The van der Waals surface area contributed by atoms with Crippen LogP contribution in [0, 0.1) is 3.57 Å². The van der Waals surface area contributed by atoms with E-state index >= 15 is 0 Å². The van der Waals surface area contributed by atoms with Gasteiger partial charge in [-0.05, 0) is 29.0 Å². The molecule has 0 spiro atoms. The summed E-state index contributed by atoms with van der Waals surface area (Å²) < 4.78 is 31.6. The maximum Gasteiger partial charge on any atom is 0.257 e. The standard InChI is InChI=1S/C9H13F2IN2O/c1-2-3-15-6-8-7(12)4-14(13-8)5-9(10)11/h4,9H,2-3,5-6H2,1H3. The van der Waals surface area contributed by atoms with Crippen LogP contribution < -0.4 is 0 Å². The molecule has 0 atom stereocenters. The van der Waals surface area contributed by atoms with Crippen molar-refractivity contribution in [2.24, 2.45) is 0 Å². The van der Waals surface area contributed by atoms with E-state index in [2.05, 4.69) is 27.7 Å². The van der Waals surface area contributed by atoms with E-state index in [1.807, 2.05) is 6.92 Å². The summed E-state index contributed by atoms with van der Waals surface area (Å²) in [5, 5.41) is 4.03. The molecule has 1 aromatic rings. The third kappa shape index (κ3) is 4.42. The van der Waals surface area contributed by atoms with Crippen molar-refractivity contribution in [2.45, 2.75) is 32.9 Å². The van der Waals surface area contributed by atoms with Gasteiger partial charge in [0.05, 0.1) is 10.2 Å². The highest BCUT2D eigenvalue weighted by molar-refractivity contribution is 14.1. The van der Waals surface area contributed by atoms with Gasteiger partial charge in [0.15, 0.2) is 0 Å². The van der Waals surface area contributed by atoms with Gasteiger partial charge in [0, 0.05) is 12.8 Å². The van der Waals surface area contributed by atoms with Gasteiger partial charge in [-0.2, -0.15) is 5.10 Å². The summed E-state index contributed by atoms with van der Waals surface area (Å²) in [5.41, 5.74) is 0.727. The lowest BCUT2D eigenvalue weighted by Gasteiger charge is -2.00. The van der Waals surface area contributed by atoms with E-state index in [1.54, 1.807) is 6.20 Å². The first-order valence-corrected chi connectivity index (χ1v) is 5.79. The predicted octanol–water partition coefficient (Wildman–Crippen LogP) is 2.68. The minimum atomic E-state index is -2.37. The summed E-state index contributed by atoms with van der Waals surface area (Å²) >= 11 is 2.07. The average Bonchev–Trinajstić information content (AvgIpc) is 2.46. The van der Waals surface area contributed by atoms with E-state index in [4.69, 9.17) is 4.74 Å². The lowest BCUT2D eigenvalue weighted by molar-refractivity contribution is 0.112. The van der Waals surface area contributed by atoms with E-state index in [0.29, 0.717) is 13.2 Å². The molecule has 1 aromatic heterocycles. The second-order valence-corrected chi connectivity index (χ2v) is 4.25. The number of ether oxygens (including phenoxy) is 1. The molecule has 0 bridgehead atoms. The fourth-order valence-corrected chi connectivity index (χ4v) is 1.67. The van der Waals surface area contributed by atoms with Crippen LogP contribution >= 0.6 is 22.6 Å². The monoisotopic (exact) mass is 330 g/mol. The number of halogens is 3. The SMILES string of the molecule is CCCOCc1nn(CC(F)F)cc1I. The molecule has 15 heavy (non-hydrogen) atoms.